The van der Waals surface area contributed by atoms with Crippen molar-refractivity contribution in [3.8, 4) is 5.75 Å². The van der Waals surface area contributed by atoms with Crippen LogP contribution < -0.4 is 10.5 Å². The minimum atomic E-state index is 0.0849. The van der Waals surface area contributed by atoms with Crippen molar-refractivity contribution < 1.29 is 9.53 Å². The molecular formula is C14H18N4O2S. The second kappa shape index (κ2) is 5.77. The number of carbonyl (C=O) groups is 1. The average Bonchev–Trinajstić information content (AvgIpc) is 3.15. The summed E-state index contributed by atoms with van der Waals surface area (Å²) in [7, 11) is 1.61. The summed E-state index contributed by atoms with van der Waals surface area (Å²) in [5, 5.41) is 6.11. The zero-order valence-corrected chi connectivity index (χ0v) is 12.7. The molecule has 0 atom stereocenters. The lowest BCUT2D eigenvalue weighted by Gasteiger charge is -2.31. The van der Waals surface area contributed by atoms with Gasteiger partial charge in [0.2, 0.25) is 0 Å². The highest BCUT2D eigenvalue weighted by molar-refractivity contribution is 7.12. The first kappa shape index (κ1) is 13.9. The number of nitrogens with two attached hydrogens (primary N) is 1. The van der Waals surface area contributed by atoms with Gasteiger partial charge in [-0.1, -0.05) is 0 Å². The number of nitrogens with zero attached hydrogens (tertiary/aromatic N) is 3. The monoisotopic (exact) mass is 306 g/mol. The Bertz CT molecular complexity index is 628. The molecule has 3 heterocycles. The SMILES string of the molecule is COc1csc(C(=O)N2CCC(n3ccc(N)n3)CC2)c1. The maximum atomic E-state index is 12.4. The highest BCUT2D eigenvalue weighted by Crippen LogP contribution is 2.26. The number of amides is 1. The van der Waals surface area contributed by atoms with E-state index in [0.717, 1.165) is 36.6 Å². The molecule has 0 saturated carbocycles. The maximum Gasteiger partial charge on any atom is 0.264 e. The third kappa shape index (κ3) is 2.87. The Morgan fingerprint density at radius 3 is 2.81 bits per heavy atom. The molecular weight excluding hydrogens is 288 g/mol. The van der Waals surface area contributed by atoms with Crippen LogP contribution in [0.15, 0.2) is 23.7 Å². The summed E-state index contributed by atoms with van der Waals surface area (Å²) in [6.45, 7) is 1.48. The number of anilines is 1. The third-order valence-electron chi connectivity index (χ3n) is 3.78. The molecule has 1 fully saturated rings. The first-order valence-electron chi connectivity index (χ1n) is 6.90. The van der Waals surface area contributed by atoms with Gasteiger partial charge in [0.1, 0.15) is 11.6 Å². The van der Waals surface area contributed by atoms with Gasteiger partial charge in [0.05, 0.1) is 18.0 Å². The number of rotatable bonds is 3. The van der Waals surface area contributed by atoms with E-state index in [-0.39, 0.29) is 5.91 Å². The zero-order chi connectivity index (χ0) is 14.8. The van der Waals surface area contributed by atoms with E-state index in [1.165, 1.54) is 11.3 Å². The van der Waals surface area contributed by atoms with Crippen molar-refractivity contribution in [2.75, 3.05) is 25.9 Å². The Balaban J connectivity index is 1.61. The molecule has 2 aromatic rings. The zero-order valence-electron chi connectivity index (χ0n) is 11.9. The molecule has 0 radical (unpaired) electrons. The van der Waals surface area contributed by atoms with E-state index in [9.17, 15) is 4.79 Å². The maximum absolute atomic E-state index is 12.4. The number of thiophene rings is 1. The van der Waals surface area contributed by atoms with Gasteiger partial charge in [0.25, 0.3) is 5.91 Å². The van der Waals surface area contributed by atoms with Crippen molar-refractivity contribution in [1.29, 1.82) is 0 Å². The number of aromatic nitrogens is 2. The highest BCUT2D eigenvalue weighted by atomic mass is 32.1. The van der Waals surface area contributed by atoms with Gasteiger partial charge in [-0.25, -0.2) is 0 Å². The van der Waals surface area contributed by atoms with Crippen LogP contribution in [0, 0.1) is 0 Å². The number of likely N-dealkylation sites (tertiary alicyclic amines) is 1. The highest BCUT2D eigenvalue weighted by Gasteiger charge is 2.25. The van der Waals surface area contributed by atoms with Crippen molar-refractivity contribution in [2.45, 2.75) is 18.9 Å². The molecule has 0 bridgehead atoms. The van der Waals surface area contributed by atoms with Crippen molar-refractivity contribution in [1.82, 2.24) is 14.7 Å². The molecule has 6 nitrogen and oxygen atoms in total. The molecule has 1 aliphatic heterocycles. The minimum absolute atomic E-state index is 0.0849. The second-order valence-corrected chi connectivity index (χ2v) is 6.01. The molecule has 1 amide bonds. The van der Waals surface area contributed by atoms with E-state index in [2.05, 4.69) is 5.10 Å². The van der Waals surface area contributed by atoms with Crippen molar-refractivity contribution in [3.05, 3.63) is 28.6 Å². The predicted octanol–water partition coefficient (Wildman–Crippen LogP) is 2.01. The van der Waals surface area contributed by atoms with E-state index in [1.54, 1.807) is 19.2 Å². The molecule has 7 heteroatoms. The summed E-state index contributed by atoms with van der Waals surface area (Å²) >= 11 is 1.43. The number of methoxy groups -OCH3 is 1. The first-order valence-corrected chi connectivity index (χ1v) is 7.78. The van der Waals surface area contributed by atoms with Gasteiger partial charge in [-0.2, -0.15) is 5.10 Å². The first-order chi connectivity index (χ1) is 10.2. The topological polar surface area (TPSA) is 73.4 Å². The van der Waals surface area contributed by atoms with Gasteiger partial charge in [0.15, 0.2) is 0 Å². The molecule has 0 aliphatic carbocycles. The Hall–Kier alpha value is -2.02. The standard InChI is InChI=1S/C14H18N4O2S/c1-20-11-8-12(21-9-11)14(19)17-5-2-10(3-6-17)18-7-4-13(15)16-18/h4,7-10H,2-3,5-6H2,1H3,(H2,15,16). The molecule has 21 heavy (non-hydrogen) atoms. The summed E-state index contributed by atoms with van der Waals surface area (Å²) in [6.07, 6.45) is 3.70. The fourth-order valence-corrected chi connectivity index (χ4v) is 3.40. The molecule has 0 spiro atoms. The van der Waals surface area contributed by atoms with E-state index >= 15 is 0 Å². The van der Waals surface area contributed by atoms with Gasteiger partial charge < -0.3 is 15.4 Å². The van der Waals surface area contributed by atoms with Crippen LogP contribution in [0.2, 0.25) is 0 Å². The van der Waals surface area contributed by atoms with Crippen LogP contribution in [-0.4, -0.2) is 40.8 Å². The van der Waals surface area contributed by atoms with Crippen molar-refractivity contribution in [3.63, 3.8) is 0 Å². The van der Waals surface area contributed by atoms with Crippen molar-refractivity contribution in [2.24, 2.45) is 0 Å². The molecule has 1 aliphatic rings. The molecule has 3 rings (SSSR count). The van der Waals surface area contributed by atoms with E-state index in [1.807, 2.05) is 21.2 Å². The molecule has 2 aromatic heterocycles. The molecule has 112 valence electrons. The van der Waals surface area contributed by atoms with Crippen LogP contribution in [0.25, 0.3) is 0 Å². The number of carbonyl (C=O) groups excluding carboxylic acids is 1. The summed E-state index contributed by atoms with van der Waals surface area (Å²) in [5.41, 5.74) is 5.65. The van der Waals surface area contributed by atoms with Crippen LogP contribution in [0.4, 0.5) is 5.82 Å². The van der Waals surface area contributed by atoms with Gasteiger partial charge in [-0.3, -0.25) is 9.48 Å². The number of hydrogen-bond donors (Lipinski definition) is 1. The fraction of sp³-hybridized carbons (Fsp3) is 0.429. The Morgan fingerprint density at radius 2 is 2.24 bits per heavy atom. The average molecular weight is 306 g/mol. The van der Waals surface area contributed by atoms with Gasteiger partial charge >= 0.3 is 0 Å². The van der Waals surface area contributed by atoms with Crippen LogP contribution in [0.3, 0.4) is 0 Å². The Morgan fingerprint density at radius 1 is 1.48 bits per heavy atom. The number of ether oxygens (including phenoxy) is 1. The summed E-state index contributed by atoms with van der Waals surface area (Å²) < 4.78 is 7.03. The normalized spacial score (nSPS) is 16.1. The Kier molecular flexibility index (Phi) is 3.83. The van der Waals surface area contributed by atoms with Gasteiger partial charge in [-0.15, -0.1) is 11.3 Å². The summed E-state index contributed by atoms with van der Waals surface area (Å²) in [5.74, 6) is 1.37. The smallest absolute Gasteiger partial charge is 0.264 e. The van der Waals surface area contributed by atoms with Crippen LogP contribution in [0.1, 0.15) is 28.6 Å². The number of hydrogen-bond acceptors (Lipinski definition) is 5. The van der Waals surface area contributed by atoms with Crippen molar-refractivity contribution >= 4 is 23.1 Å². The van der Waals surface area contributed by atoms with Crippen LogP contribution in [-0.2, 0) is 0 Å². The molecule has 1 saturated heterocycles. The Labute approximate surface area is 127 Å². The lowest BCUT2D eigenvalue weighted by molar-refractivity contribution is 0.0694. The number of nitrogen functional groups attached to an aromatic ring is 1. The lowest BCUT2D eigenvalue weighted by atomic mass is 10.1. The third-order valence-corrected chi connectivity index (χ3v) is 4.67. The van der Waals surface area contributed by atoms with E-state index < -0.39 is 0 Å². The summed E-state index contributed by atoms with van der Waals surface area (Å²) in [6, 6.07) is 3.92. The largest absolute Gasteiger partial charge is 0.496 e. The van der Waals surface area contributed by atoms with Crippen LogP contribution in [0.5, 0.6) is 5.75 Å². The van der Waals surface area contributed by atoms with E-state index in [4.69, 9.17) is 10.5 Å². The quantitative estimate of drug-likeness (QED) is 0.941. The number of piperidine rings is 1. The predicted molar refractivity (Wildman–Crippen MR) is 81.7 cm³/mol. The second-order valence-electron chi connectivity index (χ2n) is 5.09. The molecule has 2 N–H and O–H groups in total. The van der Waals surface area contributed by atoms with Gasteiger partial charge in [0, 0.05) is 30.7 Å². The van der Waals surface area contributed by atoms with E-state index in [0.29, 0.717) is 11.9 Å². The van der Waals surface area contributed by atoms with Gasteiger partial charge in [-0.05, 0) is 18.9 Å². The van der Waals surface area contributed by atoms with Crippen LogP contribution >= 0.6 is 11.3 Å². The lowest BCUT2D eigenvalue weighted by Crippen LogP contribution is -2.38. The molecule has 0 aromatic carbocycles. The summed E-state index contributed by atoms with van der Waals surface area (Å²) in [4.78, 5) is 15.0. The molecule has 0 unspecified atom stereocenters. The minimum Gasteiger partial charge on any atom is -0.496 e. The fourth-order valence-electron chi connectivity index (χ4n) is 2.58.